The summed E-state index contributed by atoms with van der Waals surface area (Å²) in [5.41, 5.74) is 1.93. The first-order valence-electron chi connectivity index (χ1n) is 8.63. The molecule has 1 saturated heterocycles. The second-order valence-corrected chi connectivity index (χ2v) is 6.12. The Labute approximate surface area is 150 Å². The van der Waals surface area contributed by atoms with Gasteiger partial charge in [0.25, 0.3) is 5.91 Å². The predicted molar refractivity (Wildman–Crippen MR) is 98.4 cm³/mol. The van der Waals surface area contributed by atoms with Crippen molar-refractivity contribution in [2.45, 2.75) is 18.9 Å². The van der Waals surface area contributed by atoms with Crippen LogP contribution in [0.5, 0.6) is 0 Å². The van der Waals surface area contributed by atoms with Gasteiger partial charge in [-0.15, -0.1) is 0 Å². The van der Waals surface area contributed by atoms with Gasteiger partial charge in [0.2, 0.25) is 5.95 Å². The molecule has 0 saturated carbocycles. The van der Waals surface area contributed by atoms with Gasteiger partial charge in [0, 0.05) is 30.9 Å². The second-order valence-electron chi connectivity index (χ2n) is 6.12. The topological polar surface area (TPSA) is 89.0 Å². The molecule has 1 aromatic carbocycles. The summed E-state index contributed by atoms with van der Waals surface area (Å²) in [5.74, 6) is 0.120. The van der Waals surface area contributed by atoms with Crippen molar-refractivity contribution in [3.05, 3.63) is 54.5 Å². The number of fused-ring (bicyclic) bond motifs is 1. The van der Waals surface area contributed by atoms with Gasteiger partial charge in [-0.05, 0) is 31.0 Å². The van der Waals surface area contributed by atoms with Gasteiger partial charge >= 0.3 is 0 Å². The first kappa shape index (κ1) is 16.4. The minimum atomic E-state index is -0.234. The van der Waals surface area contributed by atoms with Crippen LogP contribution in [0.3, 0.4) is 0 Å². The highest BCUT2D eigenvalue weighted by molar-refractivity contribution is 5.93. The number of carbonyl (C=O) groups excluding carboxylic acids is 1. The molecule has 132 valence electrons. The van der Waals surface area contributed by atoms with Gasteiger partial charge < -0.3 is 15.4 Å². The summed E-state index contributed by atoms with van der Waals surface area (Å²) in [6, 6.07) is 11.3. The Morgan fingerprint density at radius 2 is 2.08 bits per heavy atom. The summed E-state index contributed by atoms with van der Waals surface area (Å²) in [6.45, 7) is 1.26. The van der Waals surface area contributed by atoms with E-state index >= 15 is 0 Å². The maximum atomic E-state index is 12.3. The quantitative estimate of drug-likeness (QED) is 0.736. The molecule has 0 radical (unpaired) electrons. The Morgan fingerprint density at radius 3 is 2.96 bits per heavy atom. The summed E-state index contributed by atoms with van der Waals surface area (Å²) in [7, 11) is 0. The minimum Gasteiger partial charge on any atom is -0.376 e. The molecule has 4 rings (SSSR count). The first-order valence-corrected chi connectivity index (χ1v) is 8.63. The van der Waals surface area contributed by atoms with Crippen LogP contribution in [0.4, 0.5) is 11.6 Å². The van der Waals surface area contributed by atoms with E-state index < -0.39 is 0 Å². The third-order valence-electron chi connectivity index (χ3n) is 4.28. The van der Waals surface area contributed by atoms with Crippen LogP contribution < -0.4 is 10.6 Å². The van der Waals surface area contributed by atoms with E-state index in [4.69, 9.17) is 4.74 Å². The number of anilines is 2. The third-order valence-corrected chi connectivity index (χ3v) is 4.28. The fraction of sp³-hybridized carbons (Fsp3) is 0.263. The number of pyridine rings is 1. The lowest BCUT2D eigenvalue weighted by Crippen LogP contribution is -2.32. The van der Waals surface area contributed by atoms with Gasteiger partial charge in [-0.2, -0.15) is 0 Å². The first-order chi connectivity index (χ1) is 12.8. The Kier molecular flexibility index (Phi) is 4.70. The van der Waals surface area contributed by atoms with E-state index in [1.54, 1.807) is 18.5 Å². The van der Waals surface area contributed by atoms with E-state index in [1.807, 2.05) is 30.3 Å². The standard InChI is InChI=1S/C19H19N5O2/c25-18(22-12-14-6-3-11-26-14)16-8-10-21-19(24-16)23-15-7-1-4-13-5-2-9-20-17(13)15/h1-2,4-5,7-10,14H,3,6,11-12H2,(H,22,25)(H,21,23,24). The number of nitrogens with one attached hydrogen (secondary N) is 2. The van der Waals surface area contributed by atoms with Gasteiger partial charge in [0.15, 0.2) is 0 Å². The summed E-state index contributed by atoms with van der Waals surface area (Å²) in [5, 5.41) is 7.03. The molecule has 3 heterocycles. The number of nitrogens with zero attached hydrogens (tertiary/aromatic N) is 3. The largest absolute Gasteiger partial charge is 0.376 e. The number of benzene rings is 1. The Morgan fingerprint density at radius 1 is 1.15 bits per heavy atom. The maximum Gasteiger partial charge on any atom is 0.270 e. The molecule has 0 bridgehead atoms. The molecule has 26 heavy (non-hydrogen) atoms. The highest BCUT2D eigenvalue weighted by Crippen LogP contribution is 2.23. The number of para-hydroxylation sites is 1. The number of aromatic nitrogens is 3. The van der Waals surface area contributed by atoms with E-state index in [9.17, 15) is 4.79 Å². The Bertz CT molecular complexity index is 919. The van der Waals surface area contributed by atoms with Crippen molar-refractivity contribution in [2.75, 3.05) is 18.5 Å². The van der Waals surface area contributed by atoms with Crippen molar-refractivity contribution < 1.29 is 9.53 Å². The molecular formula is C19H19N5O2. The van der Waals surface area contributed by atoms with Crippen molar-refractivity contribution in [1.82, 2.24) is 20.3 Å². The predicted octanol–water partition coefficient (Wildman–Crippen LogP) is 2.68. The van der Waals surface area contributed by atoms with Crippen molar-refractivity contribution in [3.8, 4) is 0 Å². The Balaban J connectivity index is 1.49. The van der Waals surface area contributed by atoms with E-state index in [-0.39, 0.29) is 12.0 Å². The van der Waals surface area contributed by atoms with Crippen LogP contribution in [-0.4, -0.2) is 40.1 Å². The zero-order valence-electron chi connectivity index (χ0n) is 14.2. The molecule has 1 atom stereocenters. The molecule has 0 spiro atoms. The van der Waals surface area contributed by atoms with Crippen LogP contribution in [0, 0.1) is 0 Å². The average Bonchev–Trinajstić information content (AvgIpc) is 3.20. The van der Waals surface area contributed by atoms with Crippen molar-refractivity contribution in [1.29, 1.82) is 0 Å². The zero-order chi connectivity index (χ0) is 17.8. The molecule has 1 aliphatic rings. The van der Waals surface area contributed by atoms with Crippen LogP contribution in [0.25, 0.3) is 10.9 Å². The van der Waals surface area contributed by atoms with E-state index in [0.717, 1.165) is 36.0 Å². The number of carbonyl (C=O) groups is 1. The summed E-state index contributed by atoms with van der Waals surface area (Å²) >= 11 is 0. The number of hydrogen-bond donors (Lipinski definition) is 2. The number of rotatable bonds is 5. The van der Waals surface area contributed by atoms with Crippen molar-refractivity contribution in [3.63, 3.8) is 0 Å². The van der Waals surface area contributed by atoms with Crippen LogP contribution >= 0.6 is 0 Å². The smallest absolute Gasteiger partial charge is 0.270 e. The van der Waals surface area contributed by atoms with Crippen LogP contribution in [-0.2, 0) is 4.74 Å². The Hall–Kier alpha value is -3.06. The second kappa shape index (κ2) is 7.45. The molecule has 1 fully saturated rings. The fourth-order valence-corrected chi connectivity index (χ4v) is 2.97. The summed E-state index contributed by atoms with van der Waals surface area (Å²) < 4.78 is 5.52. The van der Waals surface area contributed by atoms with Crippen LogP contribution in [0.2, 0.25) is 0 Å². The molecule has 7 nitrogen and oxygen atoms in total. The van der Waals surface area contributed by atoms with Gasteiger partial charge in [0.05, 0.1) is 17.3 Å². The van der Waals surface area contributed by atoms with Crippen molar-refractivity contribution in [2.24, 2.45) is 0 Å². The van der Waals surface area contributed by atoms with E-state index in [2.05, 4.69) is 25.6 Å². The molecule has 1 aliphatic heterocycles. The van der Waals surface area contributed by atoms with Gasteiger partial charge in [-0.3, -0.25) is 9.78 Å². The lowest BCUT2D eigenvalue weighted by atomic mass is 10.2. The molecule has 1 amide bonds. The van der Waals surface area contributed by atoms with Gasteiger partial charge in [-0.1, -0.05) is 18.2 Å². The average molecular weight is 349 g/mol. The molecule has 7 heteroatoms. The molecule has 2 N–H and O–H groups in total. The van der Waals surface area contributed by atoms with Crippen molar-refractivity contribution >= 4 is 28.4 Å². The summed E-state index contributed by atoms with van der Waals surface area (Å²) in [6.07, 6.45) is 5.42. The van der Waals surface area contributed by atoms with E-state index in [0.29, 0.717) is 18.2 Å². The summed E-state index contributed by atoms with van der Waals surface area (Å²) in [4.78, 5) is 25.2. The molecule has 3 aromatic rings. The highest BCUT2D eigenvalue weighted by Gasteiger charge is 2.17. The van der Waals surface area contributed by atoms with E-state index in [1.165, 1.54) is 0 Å². The SMILES string of the molecule is O=C(NCC1CCCO1)c1ccnc(Nc2cccc3cccnc23)n1. The van der Waals surface area contributed by atoms with Gasteiger partial charge in [0.1, 0.15) is 5.69 Å². The van der Waals surface area contributed by atoms with Crippen LogP contribution in [0.1, 0.15) is 23.3 Å². The fourth-order valence-electron chi connectivity index (χ4n) is 2.97. The minimum absolute atomic E-state index is 0.0974. The number of amides is 1. The molecular weight excluding hydrogens is 330 g/mol. The lowest BCUT2D eigenvalue weighted by Gasteiger charge is -2.11. The monoisotopic (exact) mass is 349 g/mol. The van der Waals surface area contributed by atoms with Crippen LogP contribution in [0.15, 0.2) is 48.8 Å². The highest BCUT2D eigenvalue weighted by atomic mass is 16.5. The van der Waals surface area contributed by atoms with Gasteiger partial charge in [-0.25, -0.2) is 9.97 Å². The normalized spacial score (nSPS) is 16.5. The third kappa shape index (κ3) is 3.62. The number of ether oxygens (including phenoxy) is 1. The molecule has 0 aliphatic carbocycles. The molecule has 1 unspecified atom stereocenters. The lowest BCUT2D eigenvalue weighted by molar-refractivity contribution is 0.0853. The number of hydrogen-bond acceptors (Lipinski definition) is 6. The maximum absolute atomic E-state index is 12.3. The molecule has 2 aromatic heterocycles. The zero-order valence-corrected chi connectivity index (χ0v) is 14.2.